The summed E-state index contributed by atoms with van der Waals surface area (Å²) in [7, 11) is 0. The Labute approximate surface area is 212 Å². The van der Waals surface area contributed by atoms with Gasteiger partial charge in [0.25, 0.3) is 0 Å². The number of aromatic carboxylic acids is 1. The lowest BCUT2D eigenvalue weighted by atomic mass is 9.50. The maximum atomic E-state index is 12.9. The van der Waals surface area contributed by atoms with Crippen molar-refractivity contribution in [1.29, 1.82) is 0 Å². The van der Waals surface area contributed by atoms with E-state index in [2.05, 4.69) is 34.7 Å². The van der Waals surface area contributed by atoms with Gasteiger partial charge in [0.1, 0.15) is 5.75 Å². The average Bonchev–Trinajstić information content (AvgIpc) is 2.77. The van der Waals surface area contributed by atoms with Gasteiger partial charge in [-0.2, -0.15) is 0 Å². The molecule has 4 bridgehead atoms. The number of benzene rings is 3. The fraction of sp³-hybridized carbons (Fsp3) is 0.379. The Hall–Kier alpha value is -2.41. The van der Waals surface area contributed by atoms with Gasteiger partial charge in [0.2, 0.25) is 0 Å². The predicted octanol–water partition coefficient (Wildman–Crippen LogP) is 7.23. The topological polar surface area (TPSA) is 63.6 Å². The highest BCUT2D eigenvalue weighted by molar-refractivity contribution is 14.1. The van der Waals surface area contributed by atoms with Crippen LogP contribution in [0.1, 0.15) is 60.9 Å². The maximum Gasteiger partial charge on any atom is 0.336 e. The van der Waals surface area contributed by atoms with Crippen molar-refractivity contribution in [3.8, 4) is 16.9 Å². The zero-order chi connectivity index (χ0) is 23.6. The Kier molecular flexibility index (Phi) is 5.24. The summed E-state index contributed by atoms with van der Waals surface area (Å²) in [5.74, 6) is 1.63. The minimum Gasteiger partial charge on any atom is -0.478 e. The van der Waals surface area contributed by atoms with Crippen molar-refractivity contribution in [3.63, 3.8) is 0 Å². The number of alkyl halides is 1. The van der Waals surface area contributed by atoms with E-state index < -0.39 is 5.97 Å². The number of carboxylic acids is 1. The normalized spacial score (nSPS) is 29.4. The number of hydrogen-bond acceptors (Lipinski definition) is 3. The molecule has 3 aromatic carbocycles. The fourth-order valence-corrected chi connectivity index (χ4v) is 9.56. The predicted molar refractivity (Wildman–Crippen MR) is 141 cm³/mol. The van der Waals surface area contributed by atoms with Crippen LogP contribution in [0.15, 0.2) is 54.6 Å². The molecule has 5 heteroatoms. The van der Waals surface area contributed by atoms with Crippen molar-refractivity contribution in [3.05, 3.63) is 65.7 Å². The molecule has 4 aliphatic rings. The third-order valence-electron chi connectivity index (χ3n) is 8.26. The summed E-state index contributed by atoms with van der Waals surface area (Å²) in [5.41, 5.74) is 3.04. The number of esters is 1. The molecule has 174 valence electrons. The van der Waals surface area contributed by atoms with E-state index in [1.54, 1.807) is 12.1 Å². The lowest BCUT2D eigenvalue weighted by Crippen LogP contribution is -2.52. The number of fused-ring (bicyclic) bond motifs is 1. The van der Waals surface area contributed by atoms with Crippen molar-refractivity contribution in [2.75, 3.05) is 0 Å². The van der Waals surface area contributed by atoms with Crippen LogP contribution in [0.25, 0.3) is 21.9 Å². The van der Waals surface area contributed by atoms with Crippen molar-refractivity contribution >= 4 is 45.3 Å². The molecule has 34 heavy (non-hydrogen) atoms. The molecule has 4 fully saturated rings. The Balaban J connectivity index is 1.58. The molecule has 4 aliphatic carbocycles. The highest BCUT2D eigenvalue weighted by atomic mass is 127. The molecule has 0 aromatic heterocycles. The third kappa shape index (κ3) is 3.55. The van der Waals surface area contributed by atoms with Gasteiger partial charge in [-0.25, -0.2) is 4.79 Å². The summed E-state index contributed by atoms with van der Waals surface area (Å²) in [6.45, 7) is 1.37. The van der Waals surface area contributed by atoms with E-state index in [0.29, 0.717) is 17.2 Å². The van der Waals surface area contributed by atoms with Gasteiger partial charge in [-0.05, 0) is 90.0 Å². The van der Waals surface area contributed by atoms with Crippen LogP contribution in [0.5, 0.6) is 5.75 Å². The lowest BCUT2D eigenvalue weighted by molar-refractivity contribution is -0.131. The van der Waals surface area contributed by atoms with Gasteiger partial charge in [-0.1, -0.05) is 59.0 Å². The Morgan fingerprint density at radius 1 is 1.00 bits per heavy atom. The molecule has 1 N–H and O–H groups in total. The van der Waals surface area contributed by atoms with Gasteiger partial charge < -0.3 is 9.84 Å². The zero-order valence-electron chi connectivity index (χ0n) is 19.1. The number of halogens is 1. The highest BCUT2D eigenvalue weighted by Crippen LogP contribution is 2.66. The van der Waals surface area contributed by atoms with E-state index >= 15 is 0 Å². The van der Waals surface area contributed by atoms with Crippen LogP contribution in [0, 0.1) is 17.8 Å². The van der Waals surface area contributed by atoms with Crippen molar-refractivity contribution < 1.29 is 19.4 Å². The summed E-state index contributed by atoms with van der Waals surface area (Å²) in [6, 6.07) is 17.5. The summed E-state index contributed by atoms with van der Waals surface area (Å²) in [6.07, 6.45) is 6.21. The molecule has 0 radical (unpaired) electrons. The van der Waals surface area contributed by atoms with Crippen LogP contribution in [0.4, 0.5) is 0 Å². The number of carbonyl (C=O) groups is 2. The molecule has 0 saturated heterocycles. The van der Waals surface area contributed by atoms with E-state index in [0.717, 1.165) is 39.3 Å². The quantitative estimate of drug-likeness (QED) is 0.157. The molecule has 3 aromatic rings. The van der Waals surface area contributed by atoms with E-state index in [1.165, 1.54) is 39.0 Å². The van der Waals surface area contributed by atoms with Crippen molar-refractivity contribution in [1.82, 2.24) is 0 Å². The first-order chi connectivity index (χ1) is 16.3. The molecule has 3 unspecified atom stereocenters. The number of ether oxygens (including phenoxy) is 1. The summed E-state index contributed by atoms with van der Waals surface area (Å²) >= 11 is 2.70. The van der Waals surface area contributed by atoms with Crippen LogP contribution < -0.4 is 4.74 Å². The zero-order valence-corrected chi connectivity index (χ0v) is 21.2. The second kappa shape index (κ2) is 8.08. The largest absolute Gasteiger partial charge is 0.478 e. The van der Waals surface area contributed by atoms with Crippen molar-refractivity contribution in [2.24, 2.45) is 17.8 Å². The van der Waals surface area contributed by atoms with Gasteiger partial charge in [-0.15, -0.1) is 0 Å². The summed E-state index contributed by atoms with van der Waals surface area (Å²) in [4.78, 5) is 24.3. The second-order valence-corrected chi connectivity index (χ2v) is 12.6. The number of carbonyl (C=O) groups excluding carboxylic acids is 1. The molecule has 0 amide bonds. The minimum atomic E-state index is -0.867. The first-order valence-electron chi connectivity index (χ1n) is 12.1. The summed E-state index contributed by atoms with van der Waals surface area (Å²) in [5, 5.41) is 12.6. The lowest BCUT2D eigenvalue weighted by Gasteiger charge is -2.59. The Morgan fingerprint density at radius 2 is 1.68 bits per heavy atom. The number of hydrogen-bond donors (Lipinski definition) is 1. The van der Waals surface area contributed by atoms with E-state index in [9.17, 15) is 14.7 Å². The average molecular weight is 566 g/mol. The standard InChI is InChI=1S/C29H27IO4/c1-16(31)34-22-8-6-19(7-9-22)25-23-5-3-2-4-20(23)13-24(26(25)28(32)33)27-21-11-17-10-18(12-21)15-29(27,30)14-17/h2-9,13,17-18,21,27H,10-12,14-15H2,1H3,(H,32,33). The number of carboxylic acid groups (broad SMARTS) is 1. The van der Waals surface area contributed by atoms with Crippen molar-refractivity contribution in [2.45, 2.75) is 48.4 Å². The molecule has 7 rings (SSSR count). The molecule has 0 aliphatic heterocycles. The molecule has 0 heterocycles. The molecule has 0 spiro atoms. The van der Waals surface area contributed by atoms with E-state index in [4.69, 9.17) is 4.74 Å². The molecule has 4 nitrogen and oxygen atoms in total. The fourth-order valence-electron chi connectivity index (χ4n) is 7.47. The molecular weight excluding hydrogens is 539 g/mol. The Bertz CT molecular complexity index is 1300. The van der Waals surface area contributed by atoms with Crippen LogP contribution >= 0.6 is 22.6 Å². The molecular formula is C29H27IO4. The maximum absolute atomic E-state index is 12.9. The van der Waals surface area contributed by atoms with Gasteiger partial charge >= 0.3 is 11.9 Å². The third-order valence-corrected chi connectivity index (χ3v) is 9.81. The molecule has 3 atom stereocenters. The van der Waals surface area contributed by atoms with E-state index in [-0.39, 0.29) is 15.3 Å². The smallest absolute Gasteiger partial charge is 0.336 e. The summed E-state index contributed by atoms with van der Waals surface area (Å²) < 4.78 is 5.35. The molecule has 4 saturated carbocycles. The van der Waals surface area contributed by atoms with Gasteiger partial charge in [0, 0.05) is 21.8 Å². The first-order valence-corrected chi connectivity index (χ1v) is 13.2. The van der Waals surface area contributed by atoms with E-state index in [1.807, 2.05) is 30.3 Å². The number of rotatable bonds is 4. The SMILES string of the molecule is CC(=O)Oc1ccc(-c2c(C(=O)O)c(C3C4CC5CC(C4)CC3(I)C5)cc3ccccc23)cc1. The van der Waals surface area contributed by atoms with Crippen LogP contribution in [-0.2, 0) is 4.79 Å². The van der Waals surface area contributed by atoms with Gasteiger partial charge in [-0.3, -0.25) is 4.79 Å². The van der Waals surface area contributed by atoms with Crippen LogP contribution in [0.3, 0.4) is 0 Å². The van der Waals surface area contributed by atoms with Crippen LogP contribution in [0.2, 0.25) is 0 Å². The monoisotopic (exact) mass is 566 g/mol. The van der Waals surface area contributed by atoms with Gasteiger partial charge in [0.15, 0.2) is 0 Å². The highest BCUT2D eigenvalue weighted by Gasteiger charge is 2.57. The van der Waals surface area contributed by atoms with Crippen LogP contribution in [-0.4, -0.2) is 20.5 Å². The van der Waals surface area contributed by atoms with Gasteiger partial charge in [0.05, 0.1) is 5.56 Å². The second-order valence-electron chi connectivity index (χ2n) is 10.5. The first kappa shape index (κ1) is 22.1. The minimum absolute atomic E-state index is 0.135. The Morgan fingerprint density at radius 3 is 2.29 bits per heavy atom.